The fourth-order valence-corrected chi connectivity index (χ4v) is 7.77. The maximum absolute atomic E-state index is 11.3. The van der Waals surface area contributed by atoms with Crippen LogP contribution in [0.2, 0.25) is 0 Å². The van der Waals surface area contributed by atoms with Crippen LogP contribution in [0.5, 0.6) is 0 Å². The molecular formula is C27H16N2O2S3. The number of rotatable bonds is 3. The van der Waals surface area contributed by atoms with Gasteiger partial charge in [0.25, 0.3) is 0 Å². The Morgan fingerprint density at radius 1 is 0.853 bits per heavy atom. The first kappa shape index (κ1) is 21.0. The molecule has 0 radical (unpaired) electrons. The molecule has 0 amide bonds. The minimum Gasteiger partial charge on any atom is -0.478 e. The first-order valence-electron chi connectivity index (χ1n) is 10.5. The van der Waals surface area contributed by atoms with Crippen molar-refractivity contribution in [3.63, 3.8) is 0 Å². The van der Waals surface area contributed by atoms with Gasteiger partial charge in [0.2, 0.25) is 0 Å². The molecule has 0 fully saturated rings. The van der Waals surface area contributed by atoms with E-state index in [2.05, 4.69) is 66.5 Å². The Hall–Kier alpha value is -3.57. The summed E-state index contributed by atoms with van der Waals surface area (Å²) < 4.78 is 2.37. The molecule has 164 valence electrons. The fraction of sp³-hybridized carbons (Fsp3) is 0.0370. The molecule has 1 aliphatic rings. The van der Waals surface area contributed by atoms with Gasteiger partial charge in [-0.3, -0.25) is 0 Å². The summed E-state index contributed by atoms with van der Waals surface area (Å²) in [6.07, 6.45) is 0. The van der Waals surface area contributed by atoms with Crippen LogP contribution in [0.15, 0.2) is 82.6 Å². The molecule has 2 aromatic heterocycles. The first-order valence-corrected chi connectivity index (χ1v) is 12.9. The molecule has 0 atom stereocenters. The van der Waals surface area contributed by atoms with E-state index in [9.17, 15) is 15.2 Å². The number of fused-ring (bicyclic) bond motifs is 3. The van der Waals surface area contributed by atoms with Crippen LogP contribution in [0.4, 0.5) is 11.4 Å². The zero-order chi connectivity index (χ0) is 23.4. The summed E-state index contributed by atoms with van der Waals surface area (Å²) in [4.78, 5) is 18.3. The number of hydrogen-bond acceptors (Lipinski definition) is 6. The van der Waals surface area contributed by atoms with Gasteiger partial charge in [-0.2, -0.15) is 5.26 Å². The Labute approximate surface area is 208 Å². The number of benzene rings is 3. The van der Waals surface area contributed by atoms with Gasteiger partial charge in [-0.05, 0) is 59.7 Å². The van der Waals surface area contributed by atoms with E-state index >= 15 is 0 Å². The minimum atomic E-state index is -1.09. The van der Waals surface area contributed by atoms with Crippen molar-refractivity contribution in [1.29, 1.82) is 5.26 Å². The highest BCUT2D eigenvalue weighted by Crippen LogP contribution is 2.49. The van der Waals surface area contributed by atoms with Gasteiger partial charge < -0.3 is 10.0 Å². The summed E-state index contributed by atoms with van der Waals surface area (Å²) in [6.45, 7) is 0. The summed E-state index contributed by atoms with van der Waals surface area (Å²) in [5, 5.41) is 18.6. The lowest BCUT2D eigenvalue weighted by atomic mass is 10.0. The second-order valence-corrected chi connectivity index (χ2v) is 11.2. The Kier molecular flexibility index (Phi) is 4.96. The maximum Gasteiger partial charge on any atom is 0.337 e. The molecule has 5 aromatic rings. The highest BCUT2D eigenvalue weighted by atomic mass is 32.2. The smallest absolute Gasteiger partial charge is 0.337 e. The van der Waals surface area contributed by atoms with Crippen LogP contribution in [0.3, 0.4) is 0 Å². The number of hydrogen-bond donors (Lipinski definition) is 1. The number of anilines is 2. The SMILES string of the molecule is CN1c2ccccc2Sc2cc(-c3cc4sc(-c5ccc(C(=O)O)c(C#N)c5)cc4s3)ccc21. The summed E-state index contributed by atoms with van der Waals surface area (Å²) in [5.41, 5.74) is 4.72. The number of carbonyl (C=O) groups is 1. The van der Waals surface area contributed by atoms with Crippen molar-refractivity contribution in [3.8, 4) is 27.0 Å². The van der Waals surface area contributed by atoms with Crippen molar-refractivity contribution in [2.75, 3.05) is 11.9 Å². The van der Waals surface area contributed by atoms with Crippen LogP contribution in [-0.4, -0.2) is 18.1 Å². The van der Waals surface area contributed by atoms with Gasteiger partial charge in [0, 0.05) is 36.0 Å². The predicted molar refractivity (Wildman–Crippen MR) is 141 cm³/mol. The lowest BCUT2D eigenvalue weighted by Gasteiger charge is -2.29. The van der Waals surface area contributed by atoms with Crippen molar-refractivity contribution >= 4 is 61.2 Å². The number of nitriles is 1. The highest BCUT2D eigenvalue weighted by molar-refractivity contribution is 7.99. The summed E-state index contributed by atoms with van der Waals surface area (Å²) in [6, 6.07) is 26.4. The number of nitrogens with zero attached hydrogens (tertiary/aromatic N) is 2. The van der Waals surface area contributed by atoms with Gasteiger partial charge in [0.05, 0.1) is 22.5 Å². The third kappa shape index (κ3) is 3.39. The number of aromatic carboxylic acids is 1. The van der Waals surface area contributed by atoms with Crippen molar-refractivity contribution in [1.82, 2.24) is 0 Å². The minimum absolute atomic E-state index is 0.0328. The maximum atomic E-state index is 11.3. The molecule has 0 bridgehead atoms. The predicted octanol–water partition coefficient (Wildman–Crippen LogP) is 8.10. The number of para-hydroxylation sites is 1. The normalized spacial score (nSPS) is 12.3. The van der Waals surface area contributed by atoms with Gasteiger partial charge >= 0.3 is 5.97 Å². The van der Waals surface area contributed by atoms with E-state index in [0.717, 1.165) is 10.4 Å². The first-order chi connectivity index (χ1) is 16.5. The molecule has 0 unspecified atom stereocenters. The monoisotopic (exact) mass is 496 g/mol. The third-order valence-electron chi connectivity index (χ3n) is 5.91. The molecule has 1 N–H and O–H groups in total. The van der Waals surface area contributed by atoms with E-state index in [1.54, 1.807) is 34.8 Å². The molecule has 4 nitrogen and oxygen atoms in total. The molecular weight excluding hydrogens is 481 g/mol. The van der Waals surface area contributed by atoms with Gasteiger partial charge in [0.15, 0.2) is 0 Å². The molecule has 6 rings (SSSR count). The molecule has 0 aliphatic carbocycles. The zero-order valence-electron chi connectivity index (χ0n) is 17.9. The largest absolute Gasteiger partial charge is 0.478 e. The molecule has 0 spiro atoms. The standard InChI is InChI=1S/C27H16N2O2S3/c1-29-19-4-2-3-5-21(19)32-24-11-16(7-9-20(24)29)23-13-26-25(34-23)12-22(33-26)15-6-8-18(27(30)31)17(10-15)14-28/h2-13H,1H3,(H,30,31). The van der Waals surface area contributed by atoms with Crippen molar-refractivity contribution < 1.29 is 9.90 Å². The van der Waals surface area contributed by atoms with Gasteiger partial charge in [-0.1, -0.05) is 36.0 Å². The topological polar surface area (TPSA) is 64.3 Å². The molecule has 1 aliphatic heterocycles. The van der Waals surface area contributed by atoms with Crippen molar-refractivity contribution in [2.24, 2.45) is 0 Å². The van der Waals surface area contributed by atoms with Crippen LogP contribution >= 0.6 is 34.4 Å². The average molecular weight is 497 g/mol. The Balaban J connectivity index is 1.34. The zero-order valence-corrected chi connectivity index (χ0v) is 20.4. The molecule has 3 heterocycles. The van der Waals surface area contributed by atoms with Gasteiger partial charge in [-0.15, -0.1) is 22.7 Å². The van der Waals surface area contributed by atoms with E-state index in [1.165, 1.54) is 47.1 Å². The van der Waals surface area contributed by atoms with E-state index < -0.39 is 5.97 Å². The van der Waals surface area contributed by atoms with Crippen LogP contribution < -0.4 is 4.90 Å². The summed E-state index contributed by atoms with van der Waals surface area (Å²) in [7, 11) is 2.11. The quantitative estimate of drug-likeness (QED) is 0.273. The Bertz CT molecular complexity index is 1630. The Morgan fingerprint density at radius 2 is 1.50 bits per heavy atom. The fourth-order valence-electron chi connectivity index (χ4n) is 4.19. The summed E-state index contributed by atoms with van der Waals surface area (Å²) in [5.74, 6) is -1.09. The van der Waals surface area contributed by atoms with E-state index in [4.69, 9.17) is 0 Å². The third-order valence-corrected chi connectivity index (χ3v) is 9.42. The van der Waals surface area contributed by atoms with Crippen molar-refractivity contribution in [2.45, 2.75) is 9.79 Å². The second kappa shape index (κ2) is 8.03. The molecule has 34 heavy (non-hydrogen) atoms. The molecule has 0 saturated carbocycles. The molecule has 7 heteroatoms. The van der Waals surface area contributed by atoms with Gasteiger partial charge in [0.1, 0.15) is 6.07 Å². The van der Waals surface area contributed by atoms with E-state index in [0.29, 0.717) is 0 Å². The van der Waals surface area contributed by atoms with E-state index in [-0.39, 0.29) is 11.1 Å². The highest BCUT2D eigenvalue weighted by Gasteiger charge is 2.21. The molecule has 0 saturated heterocycles. The lowest BCUT2D eigenvalue weighted by Crippen LogP contribution is -2.14. The Morgan fingerprint density at radius 3 is 2.21 bits per heavy atom. The van der Waals surface area contributed by atoms with Crippen LogP contribution in [0, 0.1) is 11.3 Å². The van der Waals surface area contributed by atoms with Crippen LogP contribution in [0.25, 0.3) is 30.3 Å². The second-order valence-electron chi connectivity index (χ2n) is 7.94. The van der Waals surface area contributed by atoms with Gasteiger partial charge in [-0.25, -0.2) is 4.79 Å². The molecule has 3 aromatic carbocycles. The number of carboxylic acids is 1. The lowest BCUT2D eigenvalue weighted by molar-refractivity contribution is 0.0696. The van der Waals surface area contributed by atoms with E-state index in [1.807, 2.05) is 17.8 Å². The van der Waals surface area contributed by atoms with Crippen LogP contribution in [0.1, 0.15) is 15.9 Å². The number of carboxylic acid groups (broad SMARTS) is 1. The van der Waals surface area contributed by atoms with Crippen molar-refractivity contribution in [3.05, 3.63) is 83.9 Å². The van der Waals surface area contributed by atoms with Crippen LogP contribution in [-0.2, 0) is 0 Å². The number of thiophene rings is 2. The summed E-state index contributed by atoms with van der Waals surface area (Å²) >= 11 is 5.22. The average Bonchev–Trinajstić information content (AvgIpc) is 3.43.